The Morgan fingerprint density at radius 1 is 1.10 bits per heavy atom. The van der Waals surface area contributed by atoms with Crippen molar-refractivity contribution >= 4 is 17.5 Å². The Hall–Kier alpha value is -2.77. The molecule has 1 aliphatic heterocycles. The number of rotatable bonds is 6. The molecule has 1 aromatic carbocycles. The fourth-order valence-electron chi connectivity index (χ4n) is 4.48. The molecule has 2 heterocycles. The summed E-state index contributed by atoms with van der Waals surface area (Å²) in [6.45, 7) is 0.872. The van der Waals surface area contributed by atoms with Gasteiger partial charge in [0.05, 0.1) is 18.1 Å². The fourth-order valence-corrected chi connectivity index (χ4v) is 4.48. The number of nitrogens with zero attached hydrogens (tertiary/aromatic N) is 3. The van der Waals surface area contributed by atoms with Crippen LogP contribution in [0.3, 0.4) is 0 Å². The van der Waals surface area contributed by atoms with Gasteiger partial charge in [0.25, 0.3) is 0 Å². The molecule has 30 heavy (non-hydrogen) atoms. The number of hydrogen-bond donors (Lipinski definition) is 2. The summed E-state index contributed by atoms with van der Waals surface area (Å²) >= 11 is 0. The molecule has 2 aromatic rings. The van der Waals surface area contributed by atoms with Crippen LogP contribution in [0, 0.1) is 17.6 Å². The van der Waals surface area contributed by atoms with E-state index in [1.54, 1.807) is 11.1 Å². The van der Waals surface area contributed by atoms with Gasteiger partial charge >= 0.3 is 5.97 Å². The van der Waals surface area contributed by atoms with Crippen molar-refractivity contribution in [3.63, 3.8) is 0 Å². The van der Waals surface area contributed by atoms with Crippen LogP contribution < -0.4 is 10.2 Å². The van der Waals surface area contributed by atoms with Crippen LogP contribution in [0.25, 0.3) is 11.3 Å². The smallest absolute Gasteiger partial charge is 0.303 e. The first-order chi connectivity index (χ1) is 14.5. The van der Waals surface area contributed by atoms with Crippen molar-refractivity contribution in [3.05, 3.63) is 36.2 Å². The number of aliphatic carboxylic acids is 1. The largest absolute Gasteiger partial charge is 0.481 e. The van der Waals surface area contributed by atoms with Gasteiger partial charge in [0.15, 0.2) is 0 Å². The first-order valence-electron chi connectivity index (χ1n) is 10.5. The predicted octanol–water partition coefficient (Wildman–Crippen LogP) is 4.47. The Morgan fingerprint density at radius 3 is 2.40 bits per heavy atom. The van der Waals surface area contributed by atoms with Crippen LogP contribution in [-0.2, 0) is 4.79 Å². The predicted molar refractivity (Wildman–Crippen MR) is 110 cm³/mol. The minimum absolute atomic E-state index is 0.0505. The number of hydrogen-bond acceptors (Lipinski definition) is 5. The minimum atomic E-state index is -0.832. The summed E-state index contributed by atoms with van der Waals surface area (Å²) in [5.74, 6) is -1.45. The maximum atomic E-state index is 14.9. The fraction of sp³-hybridized carbons (Fsp3) is 0.500. The molecule has 0 radical (unpaired) electrons. The summed E-state index contributed by atoms with van der Waals surface area (Å²) in [6.07, 6.45) is 9.00. The normalized spacial score (nSPS) is 18.0. The molecule has 2 fully saturated rings. The van der Waals surface area contributed by atoms with Crippen LogP contribution in [0.1, 0.15) is 44.9 Å². The number of benzene rings is 1. The maximum absolute atomic E-state index is 14.9. The van der Waals surface area contributed by atoms with Gasteiger partial charge < -0.3 is 15.3 Å². The lowest BCUT2D eigenvalue weighted by molar-refractivity contribution is -0.138. The van der Waals surface area contributed by atoms with Gasteiger partial charge in [-0.1, -0.05) is 12.8 Å². The Kier molecular flexibility index (Phi) is 6.11. The minimum Gasteiger partial charge on any atom is -0.481 e. The van der Waals surface area contributed by atoms with E-state index in [1.165, 1.54) is 31.2 Å². The molecular weight excluding hydrogens is 390 g/mol. The third-order valence-corrected chi connectivity index (χ3v) is 6.05. The number of nitrogens with one attached hydrogen (secondary N) is 1. The molecule has 2 N–H and O–H groups in total. The molecule has 2 aliphatic rings. The van der Waals surface area contributed by atoms with E-state index in [2.05, 4.69) is 15.3 Å². The molecule has 6 nitrogen and oxygen atoms in total. The molecule has 0 spiro atoms. The van der Waals surface area contributed by atoms with E-state index >= 15 is 0 Å². The van der Waals surface area contributed by atoms with E-state index in [4.69, 9.17) is 5.11 Å². The average molecular weight is 416 g/mol. The van der Waals surface area contributed by atoms with Crippen molar-refractivity contribution in [1.82, 2.24) is 9.97 Å². The summed E-state index contributed by atoms with van der Waals surface area (Å²) in [7, 11) is 0. The van der Waals surface area contributed by atoms with E-state index in [9.17, 15) is 13.6 Å². The van der Waals surface area contributed by atoms with Crippen molar-refractivity contribution in [2.24, 2.45) is 5.92 Å². The molecule has 0 bridgehead atoms. The third kappa shape index (κ3) is 4.68. The molecule has 1 saturated heterocycles. The zero-order chi connectivity index (χ0) is 21.1. The molecule has 0 amide bonds. The lowest BCUT2D eigenvalue weighted by Crippen LogP contribution is -2.35. The van der Waals surface area contributed by atoms with E-state index < -0.39 is 17.6 Å². The van der Waals surface area contributed by atoms with Crippen molar-refractivity contribution in [1.29, 1.82) is 0 Å². The number of halogens is 2. The molecule has 0 unspecified atom stereocenters. The zero-order valence-corrected chi connectivity index (χ0v) is 16.8. The van der Waals surface area contributed by atoms with Gasteiger partial charge in [-0.25, -0.2) is 13.8 Å². The number of aromatic nitrogens is 2. The Balaban J connectivity index is 1.50. The SMILES string of the molecule is O=C(O)CC1CCN(c2c(F)cc(-c3cncc(NC4CCCC4)n3)cc2F)CC1. The molecule has 1 aromatic heterocycles. The maximum Gasteiger partial charge on any atom is 0.303 e. The van der Waals surface area contributed by atoms with Gasteiger partial charge in [-0.3, -0.25) is 9.78 Å². The number of carbonyl (C=O) groups is 1. The van der Waals surface area contributed by atoms with Crippen LogP contribution in [0.15, 0.2) is 24.5 Å². The van der Waals surface area contributed by atoms with Crippen LogP contribution in [0.5, 0.6) is 0 Å². The molecular formula is C22H26F2N4O2. The molecule has 8 heteroatoms. The van der Waals surface area contributed by atoms with Crippen LogP contribution >= 0.6 is 0 Å². The topological polar surface area (TPSA) is 78.3 Å². The first-order valence-corrected chi connectivity index (χ1v) is 10.5. The van der Waals surface area contributed by atoms with Gasteiger partial charge in [-0.15, -0.1) is 0 Å². The van der Waals surface area contributed by atoms with E-state index in [0.717, 1.165) is 12.8 Å². The summed E-state index contributed by atoms with van der Waals surface area (Å²) in [5.41, 5.74) is 0.709. The van der Waals surface area contributed by atoms with Gasteiger partial charge in [0, 0.05) is 31.1 Å². The van der Waals surface area contributed by atoms with Gasteiger partial charge in [0.1, 0.15) is 23.1 Å². The van der Waals surface area contributed by atoms with Gasteiger partial charge in [-0.05, 0) is 43.7 Å². The Morgan fingerprint density at radius 2 is 1.77 bits per heavy atom. The molecule has 1 saturated carbocycles. The highest BCUT2D eigenvalue weighted by atomic mass is 19.1. The average Bonchev–Trinajstić information content (AvgIpc) is 3.21. The Bertz CT molecular complexity index is 887. The summed E-state index contributed by atoms with van der Waals surface area (Å²) in [6, 6.07) is 2.96. The number of carboxylic acid groups (broad SMARTS) is 1. The van der Waals surface area contributed by atoms with E-state index in [-0.39, 0.29) is 18.0 Å². The number of anilines is 2. The lowest BCUT2D eigenvalue weighted by Gasteiger charge is -2.33. The second-order valence-corrected chi connectivity index (χ2v) is 8.23. The van der Waals surface area contributed by atoms with Crippen molar-refractivity contribution in [3.8, 4) is 11.3 Å². The highest BCUT2D eigenvalue weighted by Crippen LogP contribution is 2.33. The van der Waals surface area contributed by atoms with Crippen molar-refractivity contribution < 1.29 is 18.7 Å². The molecule has 4 rings (SSSR count). The zero-order valence-electron chi connectivity index (χ0n) is 16.8. The Labute approximate surface area is 174 Å². The first kappa shape index (κ1) is 20.5. The van der Waals surface area contributed by atoms with Crippen molar-refractivity contribution in [2.75, 3.05) is 23.3 Å². The second-order valence-electron chi connectivity index (χ2n) is 8.23. The monoisotopic (exact) mass is 416 g/mol. The van der Waals surface area contributed by atoms with Crippen LogP contribution in [0.2, 0.25) is 0 Å². The molecule has 0 atom stereocenters. The number of carboxylic acids is 1. The highest BCUT2D eigenvalue weighted by Gasteiger charge is 2.26. The van der Waals surface area contributed by atoms with E-state index in [0.29, 0.717) is 49.0 Å². The summed E-state index contributed by atoms with van der Waals surface area (Å²) in [5, 5.41) is 12.3. The second kappa shape index (κ2) is 8.93. The summed E-state index contributed by atoms with van der Waals surface area (Å²) < 4.78 is 29.8. The molecule has 1 aliphatic carbocycles. The van der Waals surface area contributed by atoms with Crippen molar-refractivity contribution in [2.45, 2.75) is 51.0 Å². The van der Waals surface area contributed by atoms with Crippen LogP contribution in [-0.4, -0.2) is 40.2 Å². The van der Waals surface area contributed by atoms with Gasteiger partial charge in [-0.2, -0.15) is 0 Å². The standard InChI is InChI=1S/C22H26F2N4O2/c23-17-10-15(19-12-25-13-20(27-19)26-16-3-1-2-4-16)11-18(24)22(17)28-7-5-14(6-8-28)9-21(29)30/h10-14,16H,1-9H2,(H,26,27)(H,29,30). The molecule has 160 valence electrons. The third-order valence-electron chi connectivity index (χ3n) is 6.05. The number of piperidine rings is 1. The van der Waals surface area contributed by atoms with Gasteiger partial charge in [0.2, 0.25) is 0 Å². The van der Waals surface area contributed by atoms with Crippen LogP contribution in [0.4, 0.5) is 20.3 Å². The van der Waals surface area contributed by atoms with E-state index in [1.807, 2.05) is 0 Å². The quantitative estimate of drug-likeness (QED) is 0.724. The highest BCUT2D eigenvalue weighted by molar-refractivity contribution is 5.67. The lowest BCUT2D eigenvalue weighted by atomic mass is 9.93. The summed E-state index contributed by atoms with van der Waals surface area (Å²) in [4.78, 5) is 21.2.